The second kappa shape index (κ2) is 6.38. The van der Waals surface area contributed by atoms with Crippen LogP contribution in [0.4, 0.5) is 0 Å². The predicted octanol–water partition coefficient (Wildman–Crippen LogP) is 3.67. The number of aryl methyl sites for hydroxylation is 1. The third-order valence-electron chi connectivity index (χ3n) is 4.85. The highest BCUT2D eigenvalue weighted by Gasteiger charge is 2.24. The maximum atomic E-state index is 12.4. The van der Waals surface area contributed by atoms with Crippen molar-refractivity contribution in [2.45, 2.75) is 31.2 Å². The van der Waals surface area contributed by atoms with Gasteiger partial charge in [-0.05, 0) is 55.0 Å². The molecule has 1 aromatic heterocycles. The van der Waals surface area contributed by atoms with Crippen molar-refractivity contribution in [1.82, 2.24) is 9.78 Å². The Hall–Kier alpha value is -1.80. The zero-order valence-electron chi connectivity index (χ0n) is 14.4. The summed E-state index contributed by atoms with van der Waals surface area (Å²) in [4.78, 5) is 12.2. The van der Waals surface area contributed by atoms with Crippen LogP contribution in [0, 0.1) is 12.8 Å². The molecular formula is C18H17Cl2N3O3S. The molecule has 6 nitrogen and oxygen atoms in total. The molecule has 0 saturated heterocycles. The van der Waals surface area contributed by atoms with Crippen molar-refractivity contribution in [3.8, 4) is 11.1 Å². The molecule has 3 aromatic rings. The SMILES string of the molecule is Cc1cc(S(N)(=O)=O)c(Cl)c(-c2ccc3c(c2)c(=O)[nH]n3CC2CC2)c1Cl. The number of primary sulfonamides is 1. The monoisotopic (exact) mass is 425 g/mol. The highest BCUT2D eigenvalue weighted by Crippen LogP contribution is 2.41. The van der Waals surface area contributed by atoms with E-state index < -0.39 is 10.0 Å². The molecule has 3 N–H and O–H groups in total. The topological polar surface area (TPSA) is 98.0 Å². The lowest BCUT2D eigenvalue weighted by Crippen LogP contribution is -2.13. The Balaban J connectivity index is 1.94. The number of nitrogens with one attached hydrogen (secondary N) is 1. The lowest BCUT2D eigenvalue weighted by Gasteiger charge is -2.14. The van der Waals surface area contributed by atoms with Crippen LogP contribution in [0.1, 0.15) is 18.4 Å². The lowest BCUT2D eigenvalue weighted by molar-refractivity contribution is 0.576. The summed E-state index contributed by atoms with van der Waals surface area (Å²) in [5.74, 6) is 0.605. The number of benzene rings is 2. The van der Waals surface area contributed by atoms with Crippen molar-refractivity contribution in [2.75, 3.05) is 0 Å². The summed E-state index contributed by atoms with van der Waals surface area (Å²) in [5, 5.41) is 8.90. The summed E-state index contributed by atoms with van der Waals surface area (Å²) in [6.45, 7) is 2.45. The summed E-state index contributed by atoms with van der Waals surface area (Å²) >= 11 is 12.8. The molecule has 0 bridgehead atoms. The maximum absolute atomic E-state index is 12.4. The van der Waals surface area contributed by atoms with E-state index in [1.165, 1.54) is 18.9 Å². The Labute approximate surface area is 165 Å². The van der Waals surface area contributed by atoms with Crippen LogP contribution in [0.15, 0.2) is 34.0 Å². The van der Waals surface area contributed by atoms with Crippen molar-refractivity contribution in [2.24, 2.45) is 11.1 Å². The van der Waals surface area contributed by atoms with Crippen LogP contribution < -0.4 is 10.7 Å². The highest BCUT2D eigenvalue weighted by atomic mass is 35.5. The zero-order valence-corrected chi connectivity index (χ0v) is 16.7. The second-order valence-corrected chi connectivity index (χ2v) is 9.25. The highest BCUT2D eigenvalue weighted by molar-refractivity contribution is 7.89. The number of H-pyrrole nitrogens is 1. The first-order chi connectivity index (χ1) is 12.7. The number of aromatic amines is 1. The van der Waals surface area contributed by atoms with Crippen LogP contribution in [0.3, 0.4) is 0 Å². The molecule has 0 unspecified atom stereocenters. The fourth-order valence-corrected chi connectivity index (χ4v) is 4.84. The number of hydrogen-bond acceptors (Lipinski definition) is 3. The number of sulfonamides is 1. The Morgan fingerprint density at radius 1 is 1.22 bits per heavy atom. The Morgan fingerprint density at radius 3 is 2.56 bits per heavy atom. The number of fused-ring (bicyclic) bond motifs is 1. The zero-order chi connectivity index (χ0) is 19.5. The van der Waals surface area contributed by atoms with Gasteiger partial charge in [-0.3, -0.25) is 14.6 Å². The van der Waals surface area contributed by atoms with Crippen molar-refractivity contribution in [1.29, 1.82) is 0 Å². The van der Waals surface area contributed by atoms with E-state index in [-0.39, 0.29) is 15.5 Å². The molecule has 0 atom stereocenters. The van der Waals surface area contributed by atoms with Gasteiger partial charge in [0.2, 0.25) is 10.0 Å². The number of hydrogen-bond donors (Lipinski definition) is 2. The van der Waals surface area contributed by atoms with E-state index in [0.717, 1.165) is 12.1 Å². The van der Waals surface area contributed by atoms with Gasteiger partial charge in [0.25, 0.3) is 5.56 Å². The second-order valence-electron chi connectivity index (χ2n) is 6.97. The molecule has 0 aliphatic heterocycles. The van der Waals surface area contributed by atoms with Gasteiger partial charge in [-0.1, -0.05) is 29.3 Å². The van der Waals surface area contributed by atoms with Crippen LogP contribution in [-0.2, 0) is 16.6 Å². The molecule has 27 heavy (non-hydrogen) atoms. The van der Waals surface area contributed by atoms with Crippen molar-refractivity contribution >= 4 is 44.1 Å². The molecule has 0 radical (unpaired) electrons. The van der Waals surface area contributed by atoms with E-state index in [1.807, 2.05) is 10.7 Å². The Bertz CT molecular complexity index is 1240. The minimum Gasteiger partial charge on any atom is -0.284 e. The van der Waals surface area contributed by atoms with Gasteiger partial charge < -0.3 is 0 Å². The molecule has 1 saturated carbocycles. The number of rotatable bonds is 4. The Kier molecular flexibility index (Phi) is 4.38. The lowest BCUT2D eigenvalue weighted by atomic mass is 10.0. The molecule has 9 heteroatoms. The van der Waals surface area contributed by atoms with Gasteiger partial charge in [-0.25, -0.2) is 13.6 Å². The molecule has 2 aromatic carbocycles. The predicted molar refractivity (Wildman–Crippen MR) is 107 cm³/mol. The van der Waals surface area contributed by atoms with E-state index in [2.05, 4.69) is 5.10 Å². The average Bonchev–Trinajstić information content (AvgIpc) is 3.35. The van der Waals surface area contributed by atoms with Gasteiger partial charge in [0, 0.05) is 12.1 Å². The minimum absolute atomic E-state index is 0.0544. The molecule has 142 valence electrons. The first kappa shape index (κ1) is 18.6. The number of nitrogens with zero attached hydrogens (tertiary/aromatic N) is 1. The van der Waals surface area contributed by atoms with Gasteiger partial charge in [0.05, 0.1) is 20.9 Å². The first-order valence-electron chi connectivity index (χ1n) is 8.41. The molecule has 1 heterocycles. The Morgan fingerprint density at radius 2 is 1.93 bits per heavy atom. The maximum Gasteiger partial charge on any atom is 0.271 e. The summed E-state index contributed by atoms with van der Waals surface area (Å²) in [7, 11) is -4.02. The molecule has 4 rings (SSSR count). The summed E-state index contributed by atoms with van der Waals surface area (Å²) in [5.41, 5.74) is 2.01. The molecule has 1 aliphatic rings. The van der Waals surface area contributed by atoms with E-state index in [0.29, 0.717) is 33.0 Å². The molecule has 0 spiro atoms. The summed E-state index contributed by atoms with van der Waals surface area (Å²) in [6.07, 6.45) is 2.34. The van der Waals surface area contributed by atoms with Crippen molar-refractivity contribution < 1.29 is 8.42 Å². The van der Waals surface area contributed by atoms with E-state index in [1.54, 1.807) is 19.1 Å². The third kappa shape index (κ3) is 3.29. The summed E-state index contributed by atoms with van der Waals surface area (Å²) in [6, 6.07) is 6.62. The van der Waals surface area contributed by atoms with Crippen LogP contribution in [0.25, 0.3) is 22.0 Å². The van der Waals surface area contributed by atoms with E-state index in [9.17, 15) is 13.2 Å². The fourth-order valence-electron chi connectivity index (χ4n) is 3.25. The van der Waals surface area contributed by atoms with Crippen LogP contribution in [0.2, 0.25) is 10.0 Å². The van der Waals surface area contributed by atoms with Gasteiger partial charge in [-0.2, -0.15) is 0 Å². The van der Waals surface area contributed by atoms with E-state index in [4.69, 9.17) is 28.3 Å². The quantitative estimate of drug-likeness (QED) is 0.666. The van der Waals surface area contributed by atoms with Gasteiger partial charge in [-0.15, -0.1) is 0 Å². The standard InChI is InChI=1S/C18H17Cl2N3O3S/c1-9-6-14(27(21,25)26)17(20)15(16(9)19)11-4-5-13-12(7-11)18(24)22-23(13)8-10-2-3-10/h4-7,10H,2-3,8H2,1H3,(H,22,24)(H2,21,25,26). The smallest absolute Gasteiger partial charge is 0.271 e. The first-order valence-corrected chi connectivity index (χ1v) is 10.7. The average molecular weight is 426 g/mol. The van der Waals surface area contributed by atoms with Crippen molar-refractivity contribution in [3.05, 3.63) is 50.2 Å². The number of nitrogens with two attached hydrogens (primary N) is 1. The van der Waals surface area contributed by atoms with Crippen LogP contribution in [0.5, 0.6) is 0 Å². The van der Waals surface area contributed by atoms with Gasteiger partial charge in [0.15, 0.2) is 0 Å². The molecule has 0 amide bonds. The van der Waals surface area contributed by atoms with E-state index >= 15 is 0 Å². The summed E-state index contributed by atoms with van der Waals surface area (Å²) < 4.78 is 25.6. The van der Waals surface area contributed by atoms with Gasteiger partial charge >= 0.3 is 0 Å². The third-order valence-corrected chi connectivity index (χ3v) is 6.78. The van der Waals surface area contributed by atoms with Gasteiger partial charge in [0.1, 0.15) is 4.90 Å². The minimum atomic E-state index is -4.02. The fraction of sp³-hybridized carbons (Fsp3) is 0.278. The van der Waals surface area contributed by atoms with Crippen LogP contribution >= 0.6 is 23.2 Å². The normalized spacial score (nSPS) is 14.8. The van der Waals surface area contributed by atoms with Crippen molar-refractivity contribution in [3.63, 3.8) is 0 Å². The molecule has 1 aliphatic carbocycles. The molecule has 1 fully saturated rings. The van der Waals surface area contributed by atoms with Crippen LogP contribution in [-0.4, -0.2) is 18.2 Å². The number of aromatic nitrogens is 2. The number of halogens is 2. The largest absolute Gasteiger partial charge is 0.284 e. The molecular weight excluding hydrogens is 409 g/mol.